The standard InChI is InChI=1S/C17H20ClFN4O/c1-12(24)13-3-4-15(14(19)9-13)23-7-5-22(6-8-23)11-17-20-10-16(18)21(17)2/h3-4,9-10H,5-8,11H2,1-2H3. The highest BCUT2D eigenvalue weighted by Gasteiger charge is 2.21. The fourth-order valence-electron chi connectivity index (χ4n) is 2.90. The first kappa shape index (κ1) is 16.9. The number of carbonyl (C=O) groups is 1. The van der Waals surface area contributed by atoms with Crippen molar-refractivity contribution in [1.29, 1.82) is 0 Å². The average molecular weight is 351 g/mol. The Morgan fingerprint density at radius 1 is 1.29 bits per heavy atom. The van der Waals surface area contributed by atoms with Crippen molar-refractivity contribution in [3.8, 4) is 0 Å². The lowest BCUT2D eigenvalue weighted by Crippen LogP contribution is -2.46. The van der Waals surface area contributed by atoms with Crippen LogP contribution < -0.4 is 4.90 Å². The topological polar surface area (TPSA) is 41.4 Å². The smallest absolute Gasteiger partial charge is 0.159 e. The molecule has 0 spiro atoms. The Morgan fingerprint density at radius 3 is 2.54 bits per heavy atom. The van der Waals surface area contributed by atoms with Gasteiger partial charge >= 0.3 is 0 Å². The van der Waals surface area contributed by atoms with Crippen molar-refractivity contribution in [2.45, 2.75) is 13.5 Å². The lowest BCUT2D eigenvalue weighted by atomic mass is 10.1. The first-order chi connectivity index (χ1) is 11.5. The van der Waals surface area contributed by atoms with E-state index in [1.807, 2.05) is 16.5 Å². The van der Waals surface area contributed by atoms with Crippen LogP contribution >= 0.6 is 11.6 Å². The third-order valence-corrected chi connectivity index (χ3v) is 4.81. The molecule has 0 N–H and O–H groups in total. The summed E-state index contributed by atoms with van der Waals surface area (Å²) in [6.07, 6.45) is 1.65. The van der Waals surface area contributed by atoms with E-state index in [0.717, 1.165) is 38.5 Å². The Hall–Kier alpha value is -1.92. The minimum atomic E-state index is -0.341. The summed E-state index contributed by atoms with van der Waals surface area (Å²) in [5.74, 6) is 0.455. The quantitative estimate of drug-likeness (QED) is 0.795. The van der Waals surface area contributed by atoms with E-state index in [4.69, 9.17) is 11.6 Å². The van der Waals surface area contributed by atoms with E-state index in [1.54, 1.807) is 18.3 Å². The van der Waals surface area contributed by atoms with Crippen LogP contribution in [0.2, 0.25) is 5.15 Å². The summed E-state index contributed by atoms with van der Waals surface area (Å²) in [4.78, 5) is 19.9. The van der Waals surface area contributed by atoms with Crippen molar-refractivity contribution in [1.82, 2.24) is 14.5 Å². The zero-order valence-corrected chi connectivity index (χ0v) is 14.6. The van der Waals surface area contributed by atoms with Crippen LogP contribution in [0.15, 0.2) is 24.4 Å². The van der Waals surface area contributed by atoms with Crippen LogP contribution in [-0.4, -0.2) is 46.4 Å². The number of halogens is 2. The van der Waals surface area contributed by atoms with Crippen molar-refractivity contribution in [2.24, 2.45) is 7.05 Å². The minimum Gasteiger partial charge on any atom is -0.367 e. The van der Waals surface area contributed by atoms with E-state index < -0.39 is 0 Å². The van der Waals surface area contributed by atoms with Gasteiger partial charge in [0.1, 0.15) is 16.8 Å². The number of benzene rings is 1. The number of imidazole rings is 1. The molecule has 1 aliphatic heterocycles. The van der Waals surface area contributed by atoms with Crippen LogP contribution in [0, 0.1) is 5.82 Å². The zero-order valence-electron chi connectivity index (χ0n) is 13.8. The third-order valence-electron chi connectivity index (χ3n) is 4.46. The van der Waals surface area contributed by atoms with Crippen LogP contribution in [0.5, 0.6) is 0 Å². The molecule has 2 aromatic rings. The second-order valence-corrected chi connectivity index (χ2v) is 6.43. The molecular weight excluding hydrogens is 331 g/mol. The monoisotopic (exact) mass is 350 g/mol. The van der Waals surface area contributed by atoms with Crippen LogP contribution in [0.3, 0.4) is 0 Å². The molecule has 3 rings (SSSR count). The van der Waals surface area contributed by atoms with E-state index in [9.17, 15) is 9.18 Å². The molecule has 1 aromatic heterocycles. The predicted molar refractivity (Wildman–Crippen MR) is 92.1 cm³/mol. The normalized spacial score (nSPS) is 15.8. The molecule has 1 fully saturated rings. The summed E-state index contributed by atoms with van der Waals surface area (Å²) in [7, 11) is 1.90. The molecule has 0 bridgehead atoms. The molecule has 0 radical (unpaired) electrons. The maximum absolute atomic E-state index is 14.3. The van der Waals surface area contributed by atoms with Crippen molar-refractivity contribution in [3.05, 3.63) is 46.8 Å². The highest BCUT2D eigenvalue weighted by atomic mass is 35.5. The van der Waals surface area contributed by atoms with E-state index in [0.29, 0.717) is 16.4 Å². The fraction of sp³-hybridized carbons (Fsp3) is 0.412. The predicted octanol–water partition coefficient (Wildman–Crippen LogP) is 2.74. The zero-order chi connectivity index (χ0) is 17.3. The number of aromatic nitrogens is 2. The molecule has 0 atom stereocenters. The van der Waals surface area contributed by atoms with Crippen molar-refractivity contribution in [3.63, 3.8) is 0 Å². The van der Waals surface area contributed by atoms with E-state index >= 15 is 0 Å². The summed E-state index contributed by atoms with van der Waals surface area (Å²) < 4.78 is 16.1. The van der Waals surface area contributed by atoms with Crippen LogP contribution in [0.1, 0.15) is 23.1 Å². The van der Waals surface area contributed by atoms with Crippen molar-refractivity contribution in [2.75, 3.05) is 31.1 Å². The van der Waals surface area contributed by atoms with Gasteiger partial charge in [-0.3, -0.25) is 9.69 Å². The van der Waals surface area contributed by atoms with Crippen LogP contribution in [0.25, 0.3) is 0 Å². The molecule has 0 amide bonds. The summed E-state index contributed by atoms with van der Waals surface area (Å²) >= 11 is 6.01. The van der Waals surface area contributed by atoms with Gasteiger partial charge in [0, 0.05) is 38.8 Å². The van der Waals surface area contributed by atoms with Gasteiger partial charge in [0.2, 0.25) is 0 Å². The van der Waals surface area contributed by atoms with E-state index in [1.165, 1.54) is 13.0 Å². The largest absolute Gasteiger partial charge is 0.367 e. The number of nitrogens with zero attached hydrogens (tertiary/aromatic N) is 4. The maximum atomic E-state index is 14.3. The molecule has 1 saturated heterocycles. The first-order valence-corrected chi connectivity index (χ1v) is 8.27. The number of piperazine rings is 1. The minimum absolute atomic E-state index is 0.126. The Bertz CT molecular complexity index is 753. The Balaban J connectivity index is 1.63. The number of anilines is 1. The van der Waals surface area contributed by atoms with Gasteiger partial charge in [-0.15, -0.1) is 0 Å². The Morgan fingerprint density at radius 2 is 2.00 bits per heavy atom. The highest BCUT2D eigenvalue weighted by molar-refractivity contribution is 6.29. The number of hydrogen-bond acceptors (Lipinski definition) is 4. The molecule has 1 aromatic carbocycles. The lowest BCUT2D eigenvalue weighted by Gasteiger charge is -2.36. The fourth-order valence-corrected chi connectivity index (χ4v) is 3.05. The van der Waals surface area contributed by atoms with Gasteiger partial charge in [0.15, 0.2) is 5.78 Å². The average Bonchev–Trinajstić information content (AvgIpc) is 2.88. The molecule has 2 heterocycles. The number of Topliss-reactive ketones (excluding diaryl/α,β-unsaturated/α-hetero) is 1. The maximum Gasteiger partial charge on any atom is 0.159 e. The summed E-state index contributed by atoms with van der Waals surface area (Å²) in [5.41, 5.74) is 0.959. The summed E-state index contributed by atoms with van der Waals surface area (Å²) in [5, 5.41) is 0.622. The van der Waals surface area contributed by atoms with Crippen molar-refractivity contribution < 1.29 is 9.18 Å². The molecule has 0 unspecified atom stereocenters. The second-order valence-electron chi connectivity index (χ2n) is 6.04. The van der Waals surface area contributed by atoms with E-state index in [2.05, 4.69) is 9.88 Å². The Labute approximate surface area is 145 Å². The molecule has 7 heteroatoms. The van der Waals surface area contributed by atoms with Gasteiger partial charge in [0.25, 0.3) is 0 Å². The molecule has 24 heavy (non-hydrogen) atoms. The van der Waals surface area contributed by atoms with Crippen molar-refractivity contribution >= 4 is 23.1 Å². The molecular formula is C17H20ClFN4O. The van der Waals surface area contributed by atoms with Gasteiger partial charge in [0.05, 0.1) is 18.4 Å². The highest BCUT2D eigenvalue weighted by Crippen LogP contribution is 2.23. The molecule has 1 aliphatic rings. The SMILES string of the molecule is CC(=O)c1ccc(N2CCN(Cc3ncc(Cl)n3C)CC2)c(F)c1. The molecule has 0 aliphatic carbocycles. The molecule has 5 nitrogen and oxygen atoms in total. The van der Waals surface area contributed by atoms with Gasteiger partial charge in [-0.05, 0) is 25.1 Å². The second kappa shape index (κ2) is 6.91. The van der Waals surface area contributed by atoms with Crippen LogP contribution in [-0.2, 0) is 13.6 Å². The van der Waals surface area contributed by atoms with E-state index in [-0.39, 0.29) is 11.6 Å². The van der Waals surface area contributed by atoms with Gasteiger partial charge in [-0.2, -0.15) is 0 Å². The molecule has 0 saturated carbocycles. The number of hydrogen-bond donors (Lipinski definition) is 0. The molecule has 128 valence electrons. The lowest BCUT2D eigenvalue weighted by molar-refractivity contribution is 0.101. The van der Waals surface area contributed by atoms with Gasteiger partial charge < -0.3 is 9.47 Å². The number of ketones is 1. The van der Waals surface area contributed by atoms with Crippen LogP contribution in [0.4, 0.5) is 10.1 Å². The summed E-state index contributed by atoms with van der Waals surface area (Å²) in [6.45, 7) is 5.26. The Kier molecular flexibility index (Phi) is 4.87. The number of rotatable bonds is 4. The third kappa shape index (κ3) is 3.44. The number of carbonyl (C=O) groups excluding carboxylic acids is 1. The summed E-state index contributed by atoms with van der Waals surface area (Å²) in [6, 6.07) is 4.70. The van der Waals surface area contributed by atoms with Gasteiger partial charge in [-0.25, -0.2) is 9.37 Å². The first-order valence-electron chi connectivity index (χ1n) is 7.89. The van der Waals surface area contributed by atoms with Gasteiger partial charge in [-0.1, -0.05) is 11.6 Å².